The van der Waals surface area contributed by atoms with Crippen LogP contribution in [0.1, 0.15) is 31.2 Å². The first-order valence-electron chi connectivity index (χ1n) is 9.92. The van der Waals surface area contributed by atoms with Gasteiger partial charge in [-0.3, -0.25) is 4.79 Å². The third kappa shape index (κ3) is 4.45. The number of amides is 1. The molecule has 0 unspecified atom stereocenters. The number of anilines is 2. The van der Waals surface area contributed by atoms with Gasteiger partial charge in [0.05, 0.1) is 19.8 Å². The Morgan fingerprint density at radius 2 is 1.73 bits per heavy atom. The van der Waals surface area contributed by atoms with Crippen LogP contribution in [-0.2, 0) is 23.9 Å². The van der Waals surface area contributed by atoms with E-state index in [0.717, 1.165) is 36.9 Å². The lowest BCUT2D eigenvalue weighted by Crippen LogP contribution is -2.27. The fraction of sp³-hybridized carbons (Fsp3) is 0.348. The van der Waals surface area contributed by atoms with Crippen molar-refractivity contribution in [3.63, 3.8) is 0 Å². The number of methoxy groups -OCH3 is 2. The minimum Gasteiger partial charge on any atom is -0.465 e. The highest BCUT2D eigenvalue weighted by atomic mass is 16.5. The quantitative estimate of drug-likeness (QED) is 0.747. The summed E-state index contributed by atoms with van der Waals surface area (Å²) in [6.45, 7) is 1.89. The molecule has 7 nitrogen and oxygen atoms in total. The van der Waals surface area contributed by atoms with E-state index in [1.165, 1.54) is 20.3 Å². The second-order valence-corrected chi connectivity index (χ2v) is 7.29. The molecule has 0 spiro atoms. The predicted octanol–water partition coefficient (Wildman–Crippen LogP) is 3.61. The molecule has 0 atom stereocenters. The maximum Gasteiger partial charge on any atom is 0.355 e. The van der Waals surface area contributed by atoms with Crippen LogP contribution >= 0.6 is 0 Å². The molecule has 1 fully saturated rings. The average molecular weight is 410 g/mol. The fourth-order valence-corrected chi connectivity index (χ4v) is 3.73. The largest absolute Gasteiger partial charge is 0.465 e. The van der Waals surface area contributed by atoms with Crippen molar-refractivity contribution in [3.05, 3.63) is 59.5 Å². The minimum atomic E-state index is -0.664. The van der Waals surface area contributed by atoms with Crippen molar-refractivity contribution in [1.82, 2.24) is 0 Å². The molecule has 1 saturated carbocycles. The van der Waals surface area contributed by atoms with Gasteiger partial charge >= 0.3 is 11.9 Å². The summed E-state index contributed by atoms with van der Waals surface area (Å²) in [6.07, 6.45) is 10.6. The van der Waals surface area contributed by atoms with E-state index in [0.29, 0.717) is 5.69 Å². The highest BCUT2D eigenvalue weighted by Crippen LogP contribution is 2.31. The number of aryl methyl sites for hydroxylation is 1. The molecule has 0 saturated heterocycles. The topological polar surface area (TPSA) is 84.9 Å². The number of rotatable bonds is 5. The zero-order chi connectivity index (χ0) is 21.7. The SMILES string of the molecule is COC(=O)C1=C(C(=O)OC)N(c2ccc(NC(=O)C3CCCC3)c(C)c2)C=CC=C1. The first-order chi connectivity index (χ1) is 14.5. The molecule has 1 amide bonds. The van der Waals surface area contributed by atoms with E-state index in [1.54, 1.807) is 35.4 Å². The van der Waals surface area contributed by atoms with E-state index in [2.05, 4.69) is 5.32 Å². The van der Waals surface area contributed by atoms with Crippen LogP contribution in [0.2, 0.25) is 0 Å². The van der Waals surface area contributed by atoms with Crippen molar-refractivity contribution < 1.29 is 23.9 Å². The van der Waals surface area contributed by atoms with Crippen LogP contribution in [0.25, 0.3) is 0 Å². The van der Waals surface area contributed by atoms with E-state index >= 15 is 0 Å². The van der Waals surface area contributed by atoms with Gasteiger partial charge in [0.25, 0.3) is 0 Å². The number of carbonyl (C=O) groups excluding carboxylic acids is 3. The Bertz CT molecular complexity index is 939. The zero-order valence-electron chi connectivity index (χ0n) is 17.4. The molecule has 1 aromatic rings. The Kier molecular flexibility index (Phi) is 6.72. The molecule has 0 radical (unpaired) electrons. The van der Waals surface area contributed by atoms with Gasteiger partial charge < -0.3 is 19.7 Å². The molecule has 158 valence electrons. The number of ether oxygens (including phenoxy) is 2. The molecule has 30 heavy (non-hydrogen) atoms. The summed E-state index contributed by atoms with van der Waals surface area (Å²) in [4.78, 5) is 38.8. The molecule has 1 N–H and O–H groups in total. The molecule has 3 rings (SSSR count). The molecule has 0 aromatic heterocycles. The Labute approximate surface area is 176 Å². The summed E-state index contributed by atoms with van der Waals surface area (Å²) in [5.74, 6) is -1.19. The van der Waals surface area contributed by atoms with E-state index in [1.807, 2.05) is 13.0 Å². The smallest absolute Gasteiger partial charge is 0.355 e. The Morgan fingerprint density at radius 1 is 1.03 bits per heavy atom. The monoisotopic (exact) mass is 410 g/mol. The standard InChI is InChI=1S/C23H26N2O5/c1-15-14-17(11-12-19(15)24-21(26)16-8-4-5-9-16)25-13-7-6-10-18(22(27)29-2)20(25)23(28)30-3/h6-7,10-14,16H,4-5,8-9H2,1-3H3,(H,24,26). The van der Waals surface area contributed by atoms with Crippen LogP contribution in [0.5, 0.6) is 0 Å². The van der Waals surface area contributed by atoms with Crippen LogP contribution in [0.3, 0.4) is 0 Å². The van der Waals surface area contributed by atoms with Gasteiger partial charge in [0.2, 0.25) is 5.91 Å². The normalized spacial score (nSPS) is 16.4. The third-order valence-corrected chi connectivity index (χ3v) is 5.36. The molecule has 1 aromatic carbocycles. The summed E-state index contributed by atoms with van der Waals surface area (Å²) >= 11 is 0. The van der Waals surface area contributed by atoms with Gasteiger partial charge in [-0.25, -0.2) is 9.59 Å². The van der Waals surface area contributed by atoms with Gasteiger partial charge in [-0.1, -0.05) is 18.9 Å². The van der Waals surface area contributed by atoms with E-state index in [9.17, 15) is 14.4 Å². The minimum absolute atomic E-state index is 0.0466. The van der Waals surface area contributed by atoms with Crippen LogP contribution in [0.4, 0.5) is 11.4 Å². The van der Waals surface area contributed by atoms with E-state index in [4.69, 9.17) is 9.47 Å². The number of nitrogens with one attached hydrogen (secondary N) is 1. The fourth-order valence-electron chi connectivity index (χ4n) is 3.73. The first kappa shape index (κ1) is 21.4. The molecular weight excluding hydrogens is 384 g/mol. The summed E-state index contributed by atoms with van der Waals surface area (Å²) < 4.78 is 9.75. The van der Waals surface area contributed by atoms with Crippen molar-refractivity contribution in [2.75, 3.05) is 24.4 Å². The van der Waals surface area contributed by atoms with Gasteiger partial charge in [0.1, 0.15) is 5.70 Å². The van der Waals surface area contributed by atoms with Gasteiger partial charge in [0.15, 0.2) is 0 Å². The second-order valence-electron chi connectivity index (χ2n) is 7.29. The summed E-state index contributed by atoms with van der Waals surface area (Å²) in [5, 5.41) is 3.01. The maximum absolute atomic E-state index is 12.5. The van der Waals surface area contributed by atoms with Gasteiger partial charge in [0, 0.05) is 23.5 Å². The van der Waals surface area contributed by atoms with Crippen LogP contribution < -0.4 is 10.2 Å². The first-order valence-corrected chi connectivity index (χ1v) is 9.92. The van der Waals surface area contributed by atoms with Crippen molar-refractivity contribution >= 4 is 29.2 Å². The van der Waals surface area contributed by atoms with Crippen LogP contribution in [0.15, 0.2) is 53.9 Å². The summed E-state index contributed by atoms with van der Waals surface area (Å²) in [6, 6.07) is 5.43. The predicted molar refractivity (Wildman–Crippen MR) is 114 cm³/mol. The highest BCUT2D eigenvalue weighted by Gasteiger charge is 2.28. The highest BCUT2D eigenvalue weighted by molar-refractivity contribution is 6.05. The van der Waals surface area contributed by atoms with Crippen LogP contribution in [0, 0.1) is 12.8 Å². The maximum atomic E-state index is 12.5. The summed E-state index contributed by atoms with van der Waals surface area (Å²) in [5.41, 5.74) is 2.35. The van der Waals surface area contributed by atoms with Gasteiger partial charge in [-0.15, -0.1) is 0 Å². The molecule has 1 aliphatic carbocycles. The number of nitrogens with zero attached hydrogens (tertiary/aromatic N) is 1. The van der Waals surface area contributed by atoms with E-state index < -0.39 is 11.9 Å². The van der Waals surface area contributed by atoms with Gasteiger partial charge in [-0.2, -0.15) is 0 Å². The van der Waals surface area contributed by atoms with Crippen molar-refractivity contribution in [3.8, 4) is 0 Å². The Balaban J connectivity index is 1.94. The second kappa shape index (κ2) is 9.43. The lowest BCUT2D eigenvalue weighted by atomic mass is 10.1. The number of hydrogen-bond donors (Lipinski definition) is 1. The van der Waals surface area contributed by atoms with Crippen LogP contribution in [-0.4, -0.2) is 32.1 Å². The molecular formula is C23H26N2O5. The number of allylic oxidation sites excluding steroid dienone is 2. The number of carbonyl (C=O) groups is 3. The van der Waals surface area contributed by atoms with Gasteiger partial charge in [-0.05, 0) is 55.7 Å². The lowest BCUT2D eigenvalue weighted by molar-refractivity contribution is -0.139. The van der Waals surface area contributed by atoms with E-state index in [-0.39, 0.29) is 23.1 Å². The molecule has 0 bridgehead atoms. The summed E-state index contributed by atoms with van der Waals surface area (Å²) in [7, 11) is 2.51. The Morgan fingerprint density at radius 3 is 2.37 bits per heavy atom. The number of benzene rings is 1. The molecule has 1 heterocycles. The number of hydrogen-bond acceptors (Lipinski definition) is 6. The average Bonchev–Trinajstić information content (AvgIpc) is 3.20. The lowest BCUT2D eigenvalue weighted by Gasteiger charge is -2.24. The molecule has 2 aliphatic rings. The molecule has 7 heteroatoms. The Hall–Kier alpha value is -3.35. The van der Waals surface area contributed by atoms with Crippen molar-refractivity contribution in [2.24, 2.45) is 5.92 Å². The zero-order valence-corrected chi connectivity index (χ0v) is 17.4. The van der Waals surface area contributed by atoms with Crippen molar-refractivity contribution in [2.45, 2.75) is 32.6 Å². The number of esters is 2. The molecule has 1 aliphatic heterocycles. The third-order valence-electron chi connectivity index (χ3n) is 5.36. The van der Waals surface area contributed by atoms with Crippen molar-refractivity contribution in [1.29, 1.82) is 0 Å².